The van der Waals surface area contributed by atoms with Gasteiger partial charge in [0.2, 0.25) is 0 Å². The van der Waals surface area contributed by atoms with Crippen molar-refractivity contribution in [2.45, 2.75) is 44.8 Å². The molecule has 30 heavy (non-hydrogen) atoms. The molecule has 0 bridgehead atoms. The third-order valence-electron chi connectivity index (χ3n) is 5.75. The number of hydrogen-bond acceptors (Lipinski definition) is 5. The number of esters is 1. The molecule has 2 heterocycles. The minimum Gasteiger partial charge on any atom is -0.456 e. The van der Waals surface area contributed by atoms with Crippen LogP contribution in [0, 0.1) is 0 Å². The number of nitrogens with one attached hydrogen (secondary N) is 1. The molecule has 0 unspecified atom stereocenters. The number of amides is 1. The summed E-state index contributed by atoms with van der Waals surface area (Å²) < 4.78 is 5.61. The van der Waals surface area contributed by atoms with E-state index in [1.165, 1.54) is 0 Å². The minimum atomic E-state index is -0.606. The van der Waals surface area contributed by atoms with Crippen molar-refractivity contribution in [3.05, 3.63) is 60.2 Å². The summed E-state index contributed by atoms with van der Waals surface area (Å²) in [5.74, 6) is -0.368. The average Bonchev–Trinajstić information content (AvgIpc) is 3.00. The lowest BCUT2D eigenvalue weighted by Crippen LogP contribution is -2.55. The van der Waals surface area contributed by atoms with Gasteiger partial charge in [0.05, 0.1) is 17.9 Å². The Morgan fingerprint density at radius 3 is 2.30 bits per heavy atom. The van der Waals surface area contributed by atoms with E-state index in [1.807, 2.05) is 63.2 Å². The van der Waals surface area contributed by atoms with E-state index < -0.39 is 17.1 Å². The maximum absolute atomic E-state index is 13.8. The fourth-order valence-electron chi connectivity index (χ4n) is 4.37. The van der Waals surface area contributed by atoms with Crippen molar-refractivity contribution < 1.29 is 14.3 Å². The molecular formula is C24H29N3O3. The summed E-state index contributed by atoms with van der Waals surface area (Å²) >= 11 is 0. The maximum Gasteiger partial charge on any atom is 0.340 e. The first kappa shape index (κ1) is 20.4. The first-order valence-electron chi connectivity index (χ1n) is 10.5. The van der Waals surface area contributed by atoms with Gasteiger partial charge in [-0.2, -0.15) is 0 Å². The number of hydrogen-bond donors (Lipinski definition) is 1. The predicted octanol–water partition coefficient (Wildman–Crippen LogP) is 3.57. The fourth-order valence-corrected chi connectivity index (χ4v) is 4.37. The monoisotopic (exact) mass is 407 g/mol. The van der Waals surface area contributed by atoms with E-state index in [0.717, 1.165) is 31.6 Å². The van der Waals surface area contributed by atoms with Gasteiger partial charge in [-0.25, -0.2) is 4.79 Å². The van der Waals surface area contributed by atoms with Crippen LogP contribution in [0.4, 0.5) is 11.4 Å². The number of nitrogens with zero attached hydrogens (tertiary/aromatic N) is 2. The minimum absolute atomic E-state index is 0.0452. The first-order valence-corrected chi connectivity index (χ1v) is 10.5. The highest BCUT2D eigenvalue weighted by molar-refractivity contribution is 6.09. The lowest BCUT2D eigenvalue weighted by Gasteiger charge is -2.39. The van der Waals surface area contributed by atoms with Gasteiger partial charge in [0.1, 0.15) is 11.1 Å². The van der Waals surface area contributed by atoms with E-state index in [2.05, 4.69) is 10.2 Å². The molecule has 4 rings (SSSR count). The van der Waals surface area contributed by atoms with Crippen molar-refractivity contribution in [2.75, 3.05) is 29.6 Å². The number of benzene rings is 2. The second-order valence-corrected chi connectivity index (χ2v) is 8.94. The zero-order chi connectivity index (χ0) is 21.4. The van der Waals surface area contributed by atoms with E-state index in [0.29, 0.717) is 17.9 Å². The number of piperidine rings is 1. The van der Waals surface area contributed by atoms with Crippen molar-refractivity contribution in [2.24, 2.45) is 0 Å². The Bertz CT molecular complexity index is 930. The lowest BCUT2D eigenvalue weighted by molar-refractivity contribution is -0.122. The Balaban J connectivity index is 1.74. The van der Waals surface area contributed by atoms with Gasteiger partial charge in [-0.05, 0) is 71.0 Å². The standard InChI is InChI=1S/C24H29N3O3/c1-23(2,3)30-21(28)19-11-7-8-12-20(19)26-17-27(18-9-5-4-6-10-18)24(22(26)29)13-15-25-16-14-24/h4-12,25H,13-17H2,1-3H3. The molecular weight excluding hydrogens is 378 g/mol. The van der Waals surface area contributed by atoms with Crippen LogP contribution in [-0.2, 0) is 9.53 Å². The first-order chi connectivity index (χ1) is 14.3. The molecule has 158 valence electrons. The van der Waals surface area contributed by atoms with Gasteiger partial charge in [-0.15, -0.1) is 0 Å². The van der Waals surface area contributed by atoms with Crippen molar-refractivity contribution in [1.29, 1.82) is 0 Å². The summed E-state index contributed by atoms with van der Waals surface area (Å²) in [5.41, 5.74) is 0.831. The number of ether oxygens (including phenoxy) is 1. The molecule has 1 amide bonds. The molecule has 2 aromatic carbocycles. The average molecular weight is 408 g/mol. The van der Waals surface area contributed by atoms with Gasteiger partial charge < -0.3 is 15.0 Å². The van der Waals surface area contributed by atoms with Crippen LogP contribution in [0.5, 0.6) is 0 Å². The Morgan fingerprint density at radius 2 is 1.63 bits per heavy atom. The molecule has 0 radical (unpaired) electrons. The SMILES string of the molecule is CC(C)(C)OC(=O)c1ccccc1N1CN(c2ccccc2)C2(CCNCC2)C1=O. The second kappa shape index (κ2) is 7.76. The van der Waals surface area contributed by atoms with Crippen LogP contribution in [0.1, 0.15) is 44.0 Å². The molecule has 0 aliphatic carbocycles. The number of carbonyl (C=O) groups is 2. The van der Waals surface area contributed by atoms with Crippen LogP contribution in [0.25, 0.3) is 0 Å². The van der Waals surface area contributed by atoms with Gasteiger partial charge in [-0.3, -0.25) is 9.69 Å². The lowest BCUT2D eigenvalue weighted by atomic mass is 9.86. The zero-order valence-corrected chi connectivity index (χ0v) is 17.9. The van der Waals surface area contributed by atoms with Crippen molar-refractivity contribution in [3.8, 4) is 0 Å². The smallest absolute Gasteiger partial charge is 0.340 e. The van der Waals surface area contributed by atoms with Crippen LogP contribution in [-0.4, -0.2) is 42.8 Å². The molecule has 2 aliphatic heterocycles. The molecule has 0 atom stereocenters. The summed E-state index contributed by atoms with van der Waals surface area (Å²) in [6, 6.07) is 17.3. The van der Waals surface area contributed by atoms with Gasteiger partial charge in [-0.1, -0.05) is 30.3 Å². The van der Waals surface area contributed by atoms with Gasteiger partial charge >= 0.3 is 5.97 Å². The third-order valence-corrected chi connectivity index (χ3v) is 5.75. The molecule has 0 saturated carbocycles. The quantitative estimate of drug-likeness (QED) is 0.788. The van der Waals surface area contributed by atoms with Crippen molar-refractivity contribution in [3.63, 3.8) is 0 Å². The van der Waals surface area contributed by atoms with Crippen molar-refractivity contribution >= 4 is 23.3 Å². The van der Waals surface area contributed by atoms with E-state index in [9.17, 15) is 9.59 Å². The van der Waals surface area contributed by atoms with Crippen LogP contribution in [0.15, 0.2) is 54.6 Å². The van der Waals surface area contributed by atoms with Gasteiger partial charge in [0, 0.05) is 5.69 Å². The van der Waals surface area contributed by atoms with Gasteiger partial charge in [0.15, 0.2) is 0 Å². The molecule has 6 heteroatoms. The van der Waals surface area contributed by atoms with E-state index in [-0.39, 0.29) is 5.91 Å². The van der Waals surface area contributed by atoms with Crippen LogP contribution >= 0.6 is 0 Å². The molecule has 1 spiro atoms. The molecule has 6 nitrogen and oxygen atoms in total. The summed E-state index contributed by atoms with van der Waals surface area (Å²) in [6.45, 7) is 7.51. The second-order valence-electron chi connectivity index (χ2n) is 8.94. The van der Waals surface area contributed by atoms with Crippen LogP contribution < -0.4 is 15.1 Å². The Morgan fingerprint density at radius 1 is 1.00 bits per heavy atom. The molecule has 2 saturated heterocycles. The maximum atomic E-state index is 13.8. The highest BCUT2D eigenvalue weighted by atomic mass is 16.6. The number of anilines is 2. The summed E-state index contributed by atoms with van der Waals surface area (Å²) in [5, 5.41) is 3.37. The largest absolute Gasteiger partial charge is 0.456 e. The Labute approximate surface area is 177 Å². The topological polar surface area (TPSA) is 61.9 Å². The Kier molecular flexibility index (Phi) is 5.28. The Hall–Kier alpha value is -2.86. The summed E-state index contributed by atoms with van der Waals surface area (Å²) in [7, 11) is 0. The molecule has 2 fully saturated rings. The summed E-state index contributed by atoms with van der Waals surface area (Å²) in [4.78, 5) is 30.7. The molecule has 2 aromatic rings. The molecule has 1 N–H and O–H groups in total. The van der Waals surface area contributed by atoms with Gasteiger partial charge in [0.25, 0.3) is 5.91 Å². The normalized spacial score (nSPS) is 18.7. The number of carbonyl (C=O) groups excluding carboxylic acids is 2. The number of rotatable bonds is 3. The van der Waals surface area contributed by atoms with E-state index in [4.69, 9.17) is 4.74 Å². The van der Waals surface area contributed by atoms with Crippen LogP contribution in [0.2, 0.25) is 0 Å². The van der Waals surface area contributed by atoms with Crippen LogP contribution in [0.3, 0.4) is 0 Å². The zero-order valence-electron chi connectivity index (χ0n) is 17.9. The highest BCUT2D eigenvalue weighted by Gasteiger charge is 2.53. The predicted molar refractivity (Wildman–Crippen MR) is 118 cm³/mol. The summed E-state index contributed by atoms with van der Waals surface area (Å²) in [6.07, 6.45) is 1.46. The van der Waals surface area contributed by atoms with Crippen molar-refractivity contribution in [1.82, 2.24) is 5.32 Å². The fraction of sp³-hybridized carbons (Fsp3) is 0.417. The molecule has 2 aliphatic rings. The third kappa shape index (κ3) is 3.67. The molecule has 0 aromatic heterocycles. The van der Waals surface area contributed by atoms with E-state index in [1.54, 1.807) is 17.0 Å². The highest BCUT2D eigenvalue weighted by Crippen LogP contribution is 2.40. The number of para-hydroxylation sites is 2. The van der Waals surface area contributed by atoms with E-state index >= 15 is 0 Å².